The molecule has 1 aliphatic rings. The lowest BCUT2D eigenvalue weighted by Crippen LogP contribution is -2.37. The summed E-state index contributed by atoms with van der Waals surface area (Å²) in [4.78, 5) is 10.9. The first-order chi connectivity index (χ1) is 10.9. The third-order valence-electron chi connectivity index (χ3n) is 4.06. The molecule has 0 amide bonds. The third-order valence-corrected chi connectivity index (χ3v) is 4.06. The number of aliphatic carboxylic acids is 1. The van der Waals surface area contributed by atoms with Crippen molar-refractivity contribution in [2.24, 2.45) is 5.92 Å². The molecule has 2 N–H and O–H groups in total. The van der Waals surface area contributed by atoms with Gasteiger partial charge in [-0.05, 0) is 49.9 Å². The van der Waals surface area contributed by atoms with Gasteiger partial charge in [0, 0.05) is 12.6 Å². The first-order valence-corrected chi connectivity index (χ1v) is 7.62. The zero-order valence-corrected chi connectivity index (χ0v) is 12.6. The smallest absolute Gasteiger partial charge is 0.416 e. The number of carbonyl (C=O) groups is 1. The molecule has 128 valence electrons. The maximum Gasteiger partial charge on any atom is 0.416 e. The minimum absolute atomic E-state index is 0.239. The van der Waals surface area contributed by atoms with E-state index in [2.05, 4.69) is 5.32 Å². The summed E-state index contributed by atoms with van der Waals surface area (Å²) in [5.41, 5.74) is -0.696. The van der Waals surface area contributed by atoms with E-state index in [9.17, 15) is 18.0 Å². The second-order valence-corrected chi connectivity index (χ2v) is 5.71. The van der Waals surface area contributed by atoms with Gasteiger partial charge in [-0.25, -0.2) is 0 Å². The Bertz CT molecular complexity index is 508. The highest BCUT2D eigenvalue weighted by Crippen LogP contribution is 2.30. The highest BCUT2D eigenvalue weighted by Gasteiger charge is 2.30. The zero-order chi connectivity index (χ0) is 16.9. The van der Waals surface area contributed by atoms with Crippen LogP contribution in [0.3, 0.4) is 0 Å². The standard InChI is InChI=1S/C16H20F3NO3/c17-16(18,19)12-3-7-14(8-4-12)23-10-9-20-13-5-1-11(2-6-13)15(21)22/h3-4,7-8,11,13,20H,1-2,5-6,9-10H2,(H,21,22). The van der Waals surface area contributed by atoms with E-state index >= 15 is 0 Å². The molecule has 4 nitrogen and oxygen atoms in total. The van der Waals surface area contributed by atoms with E-state index < -0.39 is 17.7 Å². The number of carboxylic acids is 1. The molecule has 1 fully saturated rings. The molecule has 0 saturated heterocycles. The van der Waals surface area contributed by atoms with E-state index in [-0.39, 0.29) is 12.0 Å². The number of rotatable bonds is 6. The molecule has 1 aromatic carbocycles. The molecule has 0 aliphatic heterocycles. The molecule has 0 atom stereocenters. The summed E-state index contributed by atoms with van der Waals surface area (Å²) in [6.07, 6.45) is -1.36. The van der Waals surface area contributed by atoms with Crippen LogP contribution in [0.25, 0.3) is 0 Å². The lowest BCUT2D eigenvalue weighted by atomic mass is 9.86. The molecule has 2 rings (SSSR count). The lowest BCUT2D eigenvalue weighted by molar-refractivity contribution is -0.143. The molecular formula is C16H20F3NO3. The van der Waals surface area contributed by atoms with Crippen molar-refractivity contribution in [2.45, 2.75) is 37.9 Å². The largest absolute Gasteiger partial charge is 0.492 e. The number of alkyl halides is 3. The van der Waals surface area contributed by atoms with Crippen molar-refractivity contribution < 1.29 is 27.8 Å². The van der Waals surface area contributed by atoms with Crippen LogP contribution in [-0.4, -0.2) is 30.3 Å². The van der Waals surface area contributed by atoms with Crippen LogP contribution >= 0.6 is 0 Å². The van der Waals surface area contributed by atoms with Crippen LogP contribution in [-0.2, 0) is 11.0 Å². The molecule has 7 heteroatoms. The molecule has 0 spiro atoms. The monoisotopic (exact) mass is 331 g/mol. The van der Waals surface area contributed by atoms with Crippen LogP contribution in [0, 0.1) is 5.92 Å². The Hall–Kier alpha value is -1.76. The molecular weight excluding hydrogens is 311 g/mol. The topological polar surface area (TPSA) is 58.6 Å². The number of halogens is 3. The number of hydrogen-bond acceptors (Lipinski definition) is 3. The number of ether oxygens (including phenoxy) is 1. The van der Waals surface area contributed by atoms with E-state index in [1.165, 1.54) is 12.1 Å². The van der Waals surface area contributed by atoms with Gasteiger partial charge in [-0.15, -0.1) is 0 Å². The predicted octanol–water partition coefficient (Wildman–Crippen LogP) is 3.32. The molecule has 0 radical (unpaired) electrons. The fourth-order valence-electron chi connectivity index (χ4n) is 2.72. The normalized spacial score (nSPS) is 21.9. The van der Waals surface area contributed by atoms with Gasteiger partial charge in [0.05, 0.1) is 11.5 Å². The van der Waals surface area contributed by atoms with Crippen LogP contribution in [0.2, 0.25) is 0 Å². The number of hydrogen-bond donors (Lipinski definition) is 2. The van der Waals surface area contributed by atoms with Crippen molar-refractivity contribution in [2.75, 3.05) is 13.2 Å². The van der Waals surface area contributed by atoms with Gasteiger partial charge in [-0.3, -0.25) is 4.79 Å². The van der Waals surface area contributed by atoms with Crippen LogP contribution < -0.4 is 10.1 Å². The van der Waals surface area contributed by atoms with Crippen molar-refractivity contribution >= 4 is 5.97 Å². The highest BCUT2D eigenvalue weighted by molar-refractivity contribution is 5.70. The van der Waals surface area contributed by atoms with E-state index in [1.807, 2.05) is 0 Å². The number of carboxylic acid groups (broad SMARTS) is 1. The van der Waals surface area contributed by atoms with Crippen molar-refractivity contribution in [1.29, 1.82) is 0 Å². The molecule has 0 bridgehead atoms. The van der Waals surface area contributed by atoms with Crippen LogP contribution in [0.5, 0.6) is 5.75 Å². The Morgan fingerprint density at radius 2 is 1.78 bits per heavy atom. The maximum absolute atomic E-state index is 12.4. The second kappa shape index (κ2) is 7.68. The molecule has 0 heterocycles. The van der Waals surface area contributed by atoms with E-state index in [0.717, 1.165) is 25.0 Å². The van der Waals surface area contributed by atoms with Gasteiger partial charge in [-0.2, -0.15) is 13.2 Å². The van der Waals surface area contributed by atoms with Gasteiger partial charge >= 0.3 is 12.1 Å². The minimum atomic E-state index is -4.34. The Morgan fingerprint density at radius 3 is 2.30 bits per heavy atom. The molecule has 23 heavy (non-hydrogen) atoms. The van der Waals surface area contributed by atoms with E-state index in [0.29, 0.717) is 31.7 Å². The summed E-state index contributed by atoms with van der Waals surface area (Å²) in [7, 11) is 0. The van der Waals surface area contributed by atoms with Crippen molar-refractivity contribution in [3.63, 3.8) is 0 Å². The number of nitrogens with one attached hydrogen (secondary N) is 1. The highest BCUT2D eigenvalue weighted by atomic mass is 19.4. The summed E-state index contributed by atoms with van der Waals surface area (Å²) in [5, 5.41) is 12.2. The fraction of sp³-hybridized carbons (Fsp3) is 0.562. The van der Waals surface area contributed by atoms with E-state index in [4.69, 9.17) is 9.84 Å². The van der Waals surface area contributed by atoms with Crippen molar-refractivity contribution in [1.82, 2.24) is 5.32 Å². The first-order valence-electron chi connectivity index (χ1n) is 7.62. The average molecular weight is 331 g/mol. The Balaban J connectivity index is 1.65. The third kappa shape index (κ3) is 5.42. The molecule has 0 aromatic heterocycles. The van der Waals surface area contributed by atoms with Crippen molar-refractivity contribution in [3.05, 3.63) is 29.8 Å². The minimum Gasteiger partial charge on any atom is -0.492 e. The van der Waals surface area contributed by atoms with Gasteiger partial charge < -0.3 is 15.2 Å². The van der Waals surface area contributed by atoms with Crippen molar-refractivity contribution in [3.8, 4) is 5.75 Å². The van der Waals surface area contributed by atoms with Gasteiger partial charge in [0.1, 0.15) is 12.4 Å². The molecule has 0 unspecified atom stereocenters. The van der Waals surface area contributed by atoms with Gasteiger partial charge in [0.2, 0.25) is 0 Å². The van der Waals surface area contributed by atoms with Crippen LogP contribution in [0.1, 0.15) is 31.2 Å². The van der Waals surface area contributed by atoms with Crippen LogP contribution in [0.4, 0.5) is 13.2 Å². The van der Waals surface area contributed by atoms with Crippen LogP contribution in [0.15, 0.2) is 24.3 Å². The quantitative estimate of drug-likeness (QED) is 0.785. The maximum atomic E-state index is 12.4. The van der Waals surface area contributed by atoms with Gasteiger partial charge in [0.25, 0.3) is 0 Å². The average Bonchev–Trinajstić information content (AvgIpc) is 2.51. The summed E-state index contributed by atoms with van der Waals surface area (Å²) in [6.45, 7) is 0.924. The second-order valence-electron chi connectivity index (χ2n) is 5.71. The SMILES string of the molecule is O=C(O)C1CCC(NCCOc2ccc(C(F)(F)F)cc2)CC1. The number of benzene rings is 1. The Kier molecular flexibility index (Phi) is 5.87. The van der Waals surface area contributed by atoms with E-state index in [1.54, 1.807) is 0 Å². The molecule has 1 aliphatic carbocycles. The predicted molar refractivity (Wildman–Crippen MR) is 78.3 cm³/mol. The Morgan fingerprint density at radius 1 is 1.17 bits per heavy atom. The fourth-order valence-corrected chi connectivity index (χ4v) is 2.72. The lowest BCUT2D eigenvalue weighted by Gasteiger charge is -2.26. The summed E-state index contributed by atoms with van der Waals surface area (Å²) in [5.74, 6) is -0.570. The summed E-state index contributed by atoms with van der Waals surface area (Å²) in [6, 6.07) is 4.88. The Labute approximate surface area is 132 Å². The first kappa shape index (κ1) is 17.6. The summed E-state index contributed by atoms with van der Waals surface area (Å²) < 4.78 is 42.7. The molecule has 1 saturated carbocycles. The molecule has 1 aromatic rings. The zero-order valence-electron chi connectivity index (χ0n) is 12.6. The summed E-state index contributed by atoms with van der Waals surface area (Å²) >= 11 is 0. The van der Waals surface area contributed by atoms with Gasteiger partial charge in [-0.1, -0.05) is 0 Å². The van der Waals surface area contributed by atoms with Gasteiger partial charge in [0.15, 0.2) is 0 Å².